The molecular formula is C15H20O2S. The van der Waals surface area contributed by atoms with Crippen molar-refractivity contribution in [2.24, 2.45) is 5.92 Å². The molecule has 1 aromatic carbocycles. The number of hydrogen-bond acceptors (Lipinski definition) is 2. The van der Waals surface area contributed by atoms with E-state index >= 15 is 0 Å². The SMILES string of the molecule is CSc1ccc([C@H](CC2CCCC2)C(=O)O)cc1. The van der Waals surface area contributed by atoms with Crippen LogP contribution in [-0.2, 0) is 4.79 Å². The van der Waals surface area contributed by atoms with Gasteiger partial charge in [-0.15, -0.1) is 11.8 Å². The Bertz CT molecular complexity index is 393. The van der Waals surface area contributed by atoms with Crippen molar-refractivity contribution in [1.82, 2.24) is 0 Å². The molecule has 0 aromatic heterocycles. The van der Waals surface area contributed by atoms with E-state index in [4.69, 9.17) is 0 Å². The number of aliphatic carboxylic acids is 1. The molecule has 1 aliphatic carbocycles. The zero-order chi connectivity index (χ0) is 13.0. The molecule has 1 atom stereocenters. The lowest BCUT2D eigenvalue weighted by Crippen LogP contribution is -2.15. The van der Waals surface area contributed by atoms with Crippen molar-refractivity contribution < 1.29 is 9.90 Å². The van der Waals surface area contributed by atoms with Gasteiger partial charge in [-0.1, -0.05) is 37.8 Å². The van der Waals surface area contributed by atoms with Gasteiger partial charge < -0.3 is 5.11 Å². The summed E-state index contributed by atoms with van der Waals surface area (Å²) in [5.74, 6) is -0.408. The molecule has 1 aliphatic rings. The number of carboxylic acid groups (broad SMARTS) is 1. The van der Waals surface area contributed by atoms with E-state index in [1.165, 1.54) is 30.6 Å². The summed E-state index contributed by atoms with van der Waals surface area (Å²) in [7, 11) is 0. The van der Waals surface area contributed by atoms with E-state index < -0.39 is 5.97 Å². The fourth-order valence-corrected chi connectivity index (χ4v) is 3.20. The van der Waals surface area contributed by atoms with Gasteiger partial charge in [0.25, 0.3) is 0 Å². The monoisotopic (exact) mass is 264 g/mol. The number of carbonyl (C=O) groups is 1. The van der Waals surface area contributed by atoms with Crippen molar-refractivity contribution in [3.05, 3.63) is 29.8 Å². The Kier molecular flexibility index (Phi) is 4.70. The van der Waals surface area contributed by atoms with E-state index in [1.54, 1.807) is 11.8 Å². The number of benzene rings is 1. The van der Waals surface area contributed by atoms with Crippen LogP contribution in [0.1, 0.15) is 43.6 Å². The quantitative estimate of drug-likeness (QED) is 0.811. The predicted molar refractivity (Wildman–Crippen MR) is 75.2 cm³/mol. The summed E-state index contributed by atoms with van der Waals surface area (Å²) in [5, 5.41) is 9.41. The lowest BCUT2D eigenvalue weighted by Gasteiger charge is -2.17. The summed E-state index contributed by atoms with van der Waals surface area (Å²) in [6.45, 7) is 0. The third-order valence-electron chi connectivity index (χ3n) is 3.86. The minimum atomic E-state index is -0.682. The maximum atomic E-state index is 11.4. The Balaban J connectivity index is 2.10. The maximum Gasteiger partial charge on any atom is 0.310 e. The first kappa shape index (κ1) is 13.5. The van der Waals surface area contributed by atoms with Crippen molar-refractivity contribution >= 4 is 17.7 Å². The Morgan fingerprint density at radius 2 is 1.94 bits per heavy atom. The average Bonchev–Trinajstić information content (AvgIpc) is 2.89. The molecule has 0 spiro atoms. The minimum Gasteiger partial charge on any atom is -0.481 e. The van der Waals surface area contributed by atoms with Crippen molar-refractivity contribution in [2.45, 2.75) is 42.9 Å². The predicted octanol–water partition coefficient (Wildman–Crippen LogP) is 4.16. The first-order valence-corrected chi connectivity index (χ1v) is 7.80. The molecule has 0 heterocycles. The fraction of sp³-hybridized carbons (Fsp3) is 0.533. The van der Waals surface area contributed by atoms with Crippen LogP contribution in [0.3, 0.4) is 0 Å². The van der Waals surface area contributed by atoms with Gasteiger partial charge in [0.05, 0.1) is 5.92 Å². The molecule has 0 bridgehead atoms. The normalized spacial score (nSPS) is 17.8. The highest BCUT2D eigenvalue weighted by molar-refractivity contribution is 7.98. The number of hydrogen-bond donors (Lipinski definition) is 1. The zero-order valence-corrected chi connectivity index (χ0v) is 11.6. The lowest BCUT2D eigenvalue weighted by molar-refractivity contribution is -0.139. The van der Waals surface area contributed by atoms with Crippen LogP contribution in [0.5, 0.6) is 0 Å². The Labute approximate surface area is 113 Å². The van der Waals surface area contributed by atoms with Crippen LogP contribution in [0.25, 0.3) is 0 Å². The van der Waals surface area contributed by atoms with Crippen molar-refractivity contribution in [2.75, 3.05) is 6.26 Å². The average molecular weight is 264 g/mol. The first-order chi connectivity index (χ1) is 8.70. The van der Waals surface area contributed by atoms with Crippen LogP contribution in [0.15, 0.2) is 29.2 Å². The van der Waals surface area contributed by atoms with Crippen molar-refractivity contribution in [3.8, 4) is 0 Å². The smallest absolute Gasteiger partial charge is 0.310 e. The largest absolute Gasteiger partial charge is 0.481 e. The van der Waals surface area contributed by atoms with Gasteiger partial charge in [-0.2, -0.15) is 0 Å². The molecule has 2 nitrogen and oxygen atoms in total. The molecule has 1 aromatic rings. The molecule has 98 valence electrons. The van der Waals surface area contributed by atoms with Crippen LogP contribution in [0.4, 0.5) is 0 Å². The fourth-order valence-electron chi connectivity index (χ4n) is 2.80. The summed E-state index contributed by atoms with van der Waals surface area (Å²) in [6.07, 6.45) is 7.76. The second-order valence-electron chi connectivity index (χ2n) is 5.05. The molecular weight excluding hydrogens is 244 g/mol. The number of thioether (sulfide) groups is 1. The highest BCUT2D eigenvalue weighted by atomic mass is 32.2. The van der Waals surface area contributed by atoms with E-state index in [-0.39, 0.29) is 5.92 Å². The highest BCUT2D eigenvalue weighted by Gasteiger charge is 2.26. The molecule has 18 heavy (non-hydrogen) atoms. The van der Waals surface area contributed by atoms with Gasteiger partial charge in [0.15, 0.2) is 0 Å². The maximum absolute atomic E-state index is 11.4. The van der Waals surface area contributed by atoms with Gasteiger partial charge in [0.2, 0.25) is 0 Å². The number of rotatable bonds is 5. The molecule has 0 saturated heterocycles. The molecule has 1 fully saturated rings. The molecule has 2 rings (SSSR count). The van der Waals surface area contributed by atoms with Crippen LogP contribution in [-0.4, -0.2) is 17.3 Å². The third kappa shape index (κ3) is 3.29. The van der Waals surface area contributed by atoms with E-state index in [0.29, 0.717) is 5.92 Å². The lowest BCUT2D eigenvalue weighted by atomic mass is 9.88. The van der Waals surface area contributed by atoms with E-state index in [2.05, 4.69) is 0 Å². The highest BCUT2D eigenvalue weighted by Crippen LogP contribution is 2.34. The van der Waals surface area contributed by atoms with Crippen LogP contribution >= 0.6 is 11.8 Å². The number of carboxylic acids is 1. The van der Waals surface area contributed by atoms with Gasteiger partial charge in [-0.25, -0.2) is 0 Å². The second kappa shape index (κ2) is 6.28. The Morgan fingerprint density at radius 1 is 1.33 bits per heavy atom. The summed E-state index contributed by atoms with van der Waals surface area (Å²) < 4.78 is 0. The van der Waals surface area contributed by atoms with Crippen molar-refractivity contribution in [3.63, 3.8) is 0 Å². The van der Waals surface area contributed by atoms with Crippen molar-refractivity contribution in [1.29, 1.82) is 0 Å². The van der Waals surface area contributed by atoms with E-state index in [9.17, 15) is 9.90 Å². The summed E-state index contributed by atoms with van der Waals surface area (Å²) >= 11 is 1.68. The van der Waals surface area contributed by atoms with Gasteiger partial charge in [0, 0.05) is 4.90 Å². The Hall–Kier alpha value is -0.960. The molecule has 1 saturated carbocycles. The summed E-state index contributed by atoms with van der Waals surface area (Å²) in [5.41, 5.74) is 0.951. The third-order valence-corrected chi connectivity index (χ3v) is 4.60. The molecule has 0 unspecified atom stereocenters. The molecule has 3 heteroatoms. The van der Waals surface area contributed by atoms with Gasteiger partial charge >= 0.3 is 5.97 Å². The minimum absolute atomic E-state index is 0.330. The molecule has 0 amide bonds. The van der Waals surface area contributed by atoms with Crippen LogP contribution < -0.4 is 0 Å². The Morgan fingerprint density at radius 3 is 2.44 bits per heavy atom. The zero-order valence-electron chi connectivity index (χ0n) is 10.8. The van der Waals surface area contributed by atoms with E-state index in [0.717, 1.165) is 12.0 Å². The second-order valence-corrected chi connectivity index (χ2v) is 5.93. The van der Waals surface area contributed by atoms with Crippen LogP contribution in [0.2, 0.25) is 0 Å². The first-order valence-electron chi connectivity index (χ1n) is 6.57. The standard InChI is InChI=1S/C15H20O2S/c1-18-13-8-6-12(7-9-13)14(15(16)17)10-11-4-2-3-5-11/h6-9,11,14H,2-5,10H2,1H3,(H,16,17)/t14-/m0/s1. The molecule has 0 aliphatic heterocycles. The van der Waals surface area contributed by atoms with Crippen LogP contribution in [0, 0.1) is 5.92 Å². The van der Waals surface area contributed by atoms with Gasteiger partial charge in [0.1, 0.15) is 0 Å². The summed E-state index contributed by atoms with van der Waals surface area (Å²) in [6, 6.07) is 7.98. The summed E-state index contributed by atoms with van der Waals surface area (Å²) in [4.78, 5) is 12.6. The molecule has 0 radical (unpaired) electrons. The van der Waals surface area contributed by atoms with E-state index in [1.807, 2.05) is 30.5 Å². The van der Waals surface area contributed by atoms with Gasteiger partial charge in [-0.3, -0.25) is 4.79 Å². The topological polar surface area (TPSA) is 37.3 Å². The van der Waals surface area contributed by atoms with Gasteiger partial charge in [-0.05, 0) is 36.3 Å². The molecule has 1 N–H and O–H groups in total.